The van der Waals surface area contributed by atoms with Gasteiger partial charge in [-0.1, -0.05) is 6.07 Å². The van der Waals surface area contributed by atoms with Crippen molar-refractivity contribution in [2.24, 2.45) is 0 Å². The number of aryl methyl sites for hydroxylation is 3. The molecule has 2 rings (SSSR count). The number of rotatable bonds is 3. The van der Waals surface area contributed by atoms with Crippen molar-refractivity contribution >= 4 is 0 Å². The van der Waals surface area contributed by atoms with E-state index in [1.54, 1.807) is 6.20 Å². The molecule has 0 spiro atoms. The summed E-state index contributed by atoms with van der Waals surface area (Å²) in [7, 11) is 0. The molecule has 3 nitrogen and oxygen atoms in total. The van der Waals surface area contributed by atoms with Crippen LogP contribution in [0.4, 0.5) is 0 Å². The van der Waals surface area contributed by atoms with Gasteiger partial charge in [-0.2, -0.15) is 5.26 Å². The fraction of sp³-hybridized carbons (Fsp3) is 0.353. The summed E-state index contributed by atoms with van der Waals surface area (Å²) in [5.74, 6) is 0.738. The van der Waals surface area contributed by atoms with Crippen LogP contribution in [0, 0.1) is 39.0 Å². The highest BCUT2D eigenvalue weighted by molar-refractivity contribution is 5.70. The van der Waals surface area contributed by atoms with Crippen molar-refractivity contribution in [1.82, 2.24) is 9.97 Å². The molecule has 2 aromatic rings. The van der Waals surface area contributed by atoms with E-state index in [1.165, 1.54) is 27.8 Å². The molecular formula is C17H19N3. The Labute approximate surface area is 120 Å². The van der Waals surface area contributed by atoms with Crippen molar-refractivity contribution in [2.75, 3.05) is 0 Å². The van der Waals surface area contributed by atoms with Crippen molar-refractivity contribution in [3.05, 3.63) is 46.4 Å². The zero-order valence-corrected chi connectivity index (χ0v) is 12.5. The van der Waals surface area contributed by atoms with Crippen molar-refractivity contribution in [3.8, 4) is 17.3 Å². The van der Waals surface area contributed by atoms with E-state index in [0.29, 0.717) is 12.8 Å². The highest BCUT2D eigenvalue weighted by Crippen LogP contribution is 2.30. The Hall–Kier alpha value is -2.21. The molecule has 3 heteroatoms. The topological polar surface area (TPSA) is 49.6 Å². The van der Waals surface area contributed by atoms with Crippen LogP contribution in [0.3, 0.4) is 0 Å². The number of benzene rings is 1. The molecule has 20 heavy (non-hydrogen) atoms. The molecule has 102 valence electrons. The zero-order chi connectivity index (χ0) is 14.7. The van der Waals surface area contributed by atoms with Gasteiger partial charge >= 0.3 is 0 Å². The first kappa shape index (κ1) is 14.2. The molecule has 0 saturated heterocycles. The van der Waals surface area contributed by atoms with Gasteiger partial charge in [0.25, 0.3) is 0 Å². The predicted molar refractivity (Wildman–Crippen MR) is 80.4 cm³/mol. The molecule has 0 aliphatic heterocycles. The second-order valence-corrected chi connectivity index (χ2v) is 5.15. The van der Waals surface area contributed by atoms with Crippen LogP contribution in [0.2, 0.25) is 0 Å². The lowest BCUT2D eigenvalue weighted by molar-refractivity contribution is 0.886. The van der Waals surface area contributed by atoms with E-state index in [-0.39, 0.29) is 0 Å². The summed E-state index contributed by atoms with van der Waals surface area (Å²) < 4.78 is 0. The molecule has 0 aliphatic carbocycles. The highest BCUT2D eigenvalue weighted by Gasteiger charge is 2.12. The summed E-state index contributed by atoms with van der Waals surface area (Å²) in [6.07, 6.45) is 2.84. The van der Waals surface area contributed by atoms with Crippen molar-refractivity contribution in [3.63, 3.8) is 0 Å². The van der Waals surface area contributed by atoms with Crippen molar-refractivity contribution in [1.29, 1.82) is 5.26 Å². The zero-order valence-electron chi connectivity index (χ0n) is 12.5. The van der Waals surface area contributed by atoms with Crippen LogP contribution in [0.1, 0.15) is 34.5 Å². The summed E-state index contributed by atoms with van der Waals surface area (Å²) in [6.45, 7) is 8.52. The average Bonchev–Trinajstić information content (AvgIpc) is 2.44. The minimum absolute atomic E-state index is 0.453. The van der Waals surface area contributed by atoms with Crippen LogP contribution < -0.4 is 0 Å². The maximum absolute atomic E-state index is 8.67. The van der Waals surface area contributed by atoms with Gasteiger partial charge in [-0.3, -0.25) is 0 Å². The Bertz CT molecular complexity index is 655. The number of hydrogen-bond acceptors (Lipinski definition) is 3. The monoisotopic (exact) mass is 265 g/mol. The van der Waals surface area contributed by atoms with Gasteiger partial charge in [-0.15, -0.1) is 0 Å². The molecule has 0 fully saturated rings. The van der Waals surface area contributed by atoms with Gasteiger partial charge in [-0.25, -0.2) is 9.97 Å². The van der Waals surface area contributed by atoms with Crippen molar-refractivity contribution in [2.45, 2.75) is 40.5 Å². The Morgan fingerprint density at radius 1 is 1.10 bits per heavy atom. The molecule has 1 heterocycles. The van der Waals surface area contributed by atoms with E-state index < -0.39 is 0 Å². The fourth-order valence-electron chi connectivity index (χ4n) is 2.43. The molecule has 0 atom stereocenters. The molecule has 0 aliphatic rings. The minimum atomic E-state index is 0.453. The van der Waals surface area contributed by atoms with Crippen LogP contribution in [0.15, 0.2) is 18.3 Å². The standard InChI is InChI=1S/C17H19N3/c1-11-10-12(2)14(4)17(13(11)3)15-7-9-19-16(20-15)6-5-8-18/h7,9-10H,5-6H2,1-4H3. The molecule has 0 bridgehead atoms. The van der Waals surface area contributed by atoms with Crippen LogP contribution in [0.25, 0.3) is 11.3 Å². The van der Waals surface area contributed by atoms with Gasteiger partial charge in [-0.05, 0) is 56.0 Å². The highest BCUT2D eigenvalue weighted by atomic mass is 14.9. The third-order valence-electron chi connectivity index (χ3n) is 3.79. The lowest BCUT2D eigenvalue weighted by Crippen LogP contribution is -2.00. The Morgan fingerprint density at radius 2 is 1.75 bits per heavy atom. The summed E-state index contributed by atoms with van der Waals surface area (Å²) in [5, 5.41) is 8.67. The average molecular weight is 265 g/mol. The first-order valence-electron chi connectivity index (χ1n) is 6.81. The Morgan fingerprint density at radius 3 is 2.35 bits per heavy atom. The number of hydrogen-bond donors (Lipinski definition) is 0. The van der Waals surface area contributed by atoms with Crippen LogP contribution in [0.5, 0.6) is 0 Å². The molecule has 0 saturated carbocycles. The molecular weight excluding hydrogens is 246 g/mol. The molecule has 0 radical (unpaired) electrons. The summed E-state index contributed by atoms with van der Waals surface area (Å²) in [6, 6.07) is 6.30. The van der Waals surface area contributed by atoms with E-state index in [0.717, 1.165) is 11.5 Å². The maximum Gasteiger partial charge on any atom is 0.129 e. The smallest absolute Gasteiger partial charge is 0.129 e. The lowest BCUT2D eigenvalue weighted by atomic mass is 9.92. The molecule has 0 amide bonds. The largest absolute Gasteiger partial charge is 0.241 e. The Balaban J connectivity index is 2.55. The van der Waals surface area contributed by atoms with Crippen LogP contribution >= 0.6 is 0 Å². The summed E-state index contributed by atoms with van der Waals surface area (Å²) in [4.78, 5) is 8.87. The van der Waals surface area contributed by atoms with Gasteiger partial charge in [0.15, 0.2) is 0 Å². The minimum Gasteiger partial charge on any atom is -0.241 e. The SMILES string of the molecule is Cc1cc(C)c(C)c(-c2ccnc(CCC#N)n2)c1C. The second-order valence-electron chi connectivity index (χ2n) is 5.15. The van der Waals surface area contributed by atoms with E-state index in [1.807, 2.05) is 6.07 Å². The molecule has 0 N–H and O–H groups in total. The Kier molecular flexibility index (Phi) is 4.14. The first-order valence-corrected chi connectivity index (χ1v) is 6.81. The van der Waals surface area contributed by atoms with Crippen LogP contribution in [-0.4, -0.2) is 9.97 Å². The van der Waals surface area contributed by atoms with Crippen molar-refractivity contribution < 1.29 is 0 Å². The molecule has 1 aromatic heterocycles. The quantitative estimate of drug-likeness (QED) is 0.847. The van der Waals surface area contributed by atoms with Gasteiger partial charge < -0.3 is 0 Å². The summed E-state index contributed by atoms with van der Waals surface area (Å²) in [5.41, 5.74) is 7.23. The van der Waals surface area contributed by atoms with E-state index in [2.05, 4.69) is 49.8 Å². The number of nitrogens with zero attached hydrogens (tertiary/aromatic N) is 3. The number of aromatic nitrogens is 2. The fourth-order valence-corrected chi connectivity index (χ4v) is 2.43. The summed E-state index contributed by atoms with van der Waals surface area (Å²) >= 11 is 0. The predicted octanol–water partition coefficient (Wildman–Crippen LogP) is 3.83. The second kappa shape index (κ2) is 5.83. The molecule has 1 aromatic carbocycles. The van der Waals surface area contributed by atoms with Gasteiger partial charge in [0.2, 0.25) is 0 Å². The van der Waals surface area contributed by atoms with Gasteiger partial charge in [0.05, 0.1) is 11.8 Å². The van der Waals surface area contributed by atoms with E-state index in [4.69, 9.17) is 5.26 Å². The maximum atomic E-state index is 8.67. The molecule has 0 unspecified atom stereocenters. The van der Waals surface area contributed by atoms with Gasteiger partial charge in [0, 0.05) is 24.6 Å². The lowest BCUT2D eigenvalue weighted by Gasteiger charge is -2.15. The van der Waals surface area contributed by atoms with E-state index in [9.17, 15) is 0 Å². The third-order valence-corrected chi connectivity index (χ3v) is 3.79. The van der Waals surface area contributed by atoms with Crippen LogP contribution in [-0.2, 0) is 6.42 Å². The van der Waals surface area contributed by atoms with E-state index >= 15 is 0 Å². The normalized spacial score (nSPS) is 10.3. The first-order chi connectivity index (χ1) is 9.54. The third kappa shape index (κ3) is 2.70. The van der Waals surface area contributed by atoms with Gasteiger partial charge in [0.1, 0.15) is 5.82 Å². The number of nitriles is 1.